The number of carbonyl (C=O) groups excluding carboxylic acids is 2. The first-order valence-electron chi connectivity index (χ1n) is 3.15. The van der Waals surface area contributed by atoms with Crippen LogP contribution < -0.4 is 5.73 Å². The molecule has 0 saturated carbocycles. The van der Waals surface area contributed by atoms with E-state index in [1.165, 1.54) is 0 Å². The lowest BCUT2D eigenvalue weighted by Gasteiger charge is -1.98. The van der Waals surface area contributed by atoms with E-state index < -0.39 is 5.91 Å². The van der Waals surface area contributed by atoms with Crippen LogP contribution in [0.3, 0.4) is 0 Å². The zero-order chi connectivity index (χ0) is 7.56. The van der Waals surface area contributed by atoms with Crippen LogP contribution in [-0.2, 0) is 14.3 Å². The number of rotatable bonds is 2. The van der Waals surface area contributed by atoms with Gasteiger partial charge in [0.15, 0.2) is 0 Å². The minimum absolute atomic E-state index is 0.124. The van der Waals surface area contributed by atoms with E-state index in [1.54, 1.807) is 0 Å². The average Bonchev–Trinajstić information content (AvgIpc) is 2.15. The van der Waals surface area contributed by atoms with Crippen molar-refractivity contribution in [1.29, 1.82) is 0 Å². The highest BCUT2D eigenvalue weighted by molar-refractivity contribution is 5.82. The minimum atomic E-state index is -0.441. The lowest BCUT2D eigenvalue weighted by molar-refractivity contribution is -0.142. The van der Waals surface area contributed by atoms with Crippen molar-refractivity contribution >= 4 is 11.9 Å². The summed E-state index contributed by atoms with van der Waals surface area (Å²) < 4.78 is 4.62. The molecule has 4 nitrogen and oxygen atoms in total. The second kappa shape index (κ2) is 2.68. The maximum absolute atomic E-state index is 10.7. The number of esters is 1. The SMILES string of the molecule is NC(=O)C[C@@H]1CCOC1=O. The van der Waals surface area contributed by atoms with Gasteiger partial charge in [-0.15, -0.1) is 0 Å². The van der Waals surface area contributed by atoms with E-state index in [4.69, 9.17) is 5.73 Å². The van der Waals surface area contributed by atoms with Crippen LogP contribution in [0.25, 0.3) is 0 Å². The van der Waals surface area contributed by atoms with E-state index in [-0.39, 0.29) is 18.3 Å². The molecule has 0 spiro atoms. The maximum atomic E-state index is 10.7. The van der Waals surface area contributed by atoms with E-state index in [1.807, 2.05) is 0 Å². The summed E-state index contributed by atoms with van der Waals surface area (Å²) in [6.07, 6.45) is 0.751. The van der Waals surface area contributed by atoms with Crippen molar-refractivity contribution in [2.24, 2.45) is 11.7 Å². The molecule has 1 aliphatic heterocycles. The number of nitrogens with two attached hydrogens (primary N) is 1. The lowest BCUT2D eigenvalue weighted by Crippen LogP contribution is -2.19. The molecule has 0 unspecified atom stereocenters. The molecule has 0 aromatic rings. The molecule has 1 atom stereocenters. The van der Waals surface area contributed by atoms with E-state index >= 15 is 0 Å². The molecule has 1 rings (SSSR count). The molecule has 1 amide bonds. The van der Waals surface area contributed by atoms with Crippen molar-refractivity contribution in [2.45, 2.75) is 12.8 Å². The summed E-state index contributed by atoms with van der Waals surface area (Å²) in [6.45, 7) is 0.427. The van der Waals surface area contributed by atoms with Crippen LogP contribution in [0.2, 0.25) is 0 Å². The standard InChI is InChI=1S/C6H9NO3/c7-5(8)3-4-1-2-10-6(4)9/h4H,1-3H2,(H2,7,8)/t4-/m0/s1. The van der Waals surface area contributed by atoms with Crippen LogP contribution >= 0.6 is 0 Å². The van der Waals surface area contributed by atoms with Gasteiger partial charge in [-0.1, -0.05) is 0 Å². The number of cyclic esters (lactones) is 1. The van der Waals surface area contributed by atoms with E-state index in [0.717, 1.165) is 0 Å². The molecule has 0 aromatic heterocycles. The predicted molar refractivity (Wildman–Crippen MR) is 32.9 cm³/mol. The number of carbonyl (C=O) groups is 2. The van der Waals surface area contributed by atoms with Gasteiger partial charge in [0.05, 0.1) is 12.5 Å². The molecule has 10 heavy (non-hydrogen) atoms. The summed E-state index contributed by atoms with van der Waals surface area (Å²) in [5.41, 5.74) is 4.89. The monoisotopic (exact) mass is 143 g/mol. The molecule has 1 fully saturated rings. The smallest absolute Gasteiger partial charge is 0.309 e. The summed E-state index contributed by atoms with van der Waals surface area (Å²) >= 11 is 0. The van der Waals surface area contributed by atoms with Crippen molar-refractivity contribution in [3.8, 4) is 0 Å². The molecule has 1 aliphatic rings. The number of ether oxygens (including phenoxy) is 1. The van der Waals surface area contributed by atoms with Crippen molar-refractivity contribution in [3.63, 3.8) is 0 Å². The van der Waals surface area contributed by atoms with Crippen molar-refractivity contribution in [2.75, 3.05) is 6.61 Å². The van der Waals surface area contributed by atoms with Crippen molar-refractivity contribution in [1.82, 2.24) is 0 Å². The third kappa shape index (κ3) is 1.46. The lowest BCUT2D eigenvalue weighted by atomic mass is 10.0. The fourth-order valence-electron chi connectivity index (χ4n) is 0.966. The van der Waals surface area contributed by atoms with Gasteiger partial charge >= 0.3 is 5.97 Å². The molecule has 0 aliphatic carbocycles. The molecule has 0 radical (unpaired) electrons. The Morgan fingerprint density at radius 3 is 2.90 bits per heavy atom. The van der Waals surface area contributed by atoms with Gasteiger partial charge in [0.2, 0.25) is 5.91 Å². The first-order valence-corrected chi connectivity index (χ1v) is 3.15. The number of hydrogen-bond donors (Lipinski definition) is 1. The highest BCUT2D eigenvalue weighted by Gasteiger charge is 2.27. The number of hydrogen-bond acceptors (Lipinski definition) is 3. The Labute approximate surface area is 58.3 Å². The third-order valence-corrected chi connectivity index (χ3v) is 1.49. The Kier molecular flexibility index (Phi) is 1.89. The summed E-state index contributed by atoms with van der Waals surface area (Å²) in [5.74, 6) is -1.01. The summed E-state index contributed by atoms with van der Waals surface area (Å²) in [6, 6.07) is 0. The van der Waals surface area contributed by atoms with Crippen LogP contribution in [0, 0.1) is 5.92 Å². The Morgan fingerprint density at radius 1 is 1.80 bits per heavy atom. The molecular weight excluding hydrogens is 134 g/mol. The van der Waals surface area contributed by atoms with Gasteiger partial charge in [-0.25, -0.2) is 0 Å². The molecule has 0 bridgehead atoms. The Balaban J connectivity index is 2.40. The first-order chi connectivity index (χ1) is 4.70. The number of primary amides is 1. The van der Waals surface area contributed by atoms with Crippen LogP contribution in [0.5, 0.6) is 0 Å². The van der Waals surface area contributed by atoms with Gasteiger partial charge in [0, 0.05) is 6.42 Å². The molecule has 1 saturated heterocycles. The Bertz CT molecular complexity index is 166. The van der Waals surface area contributed by atoms with E-state index in [9.17, 15) is 9.59 Å². The molecule has 0 aromatic carbocycles. The van der Waals surface area contributed by atoms with Gasteiger partial charge < -0.3 is 10.5 Å². The normalized spacial score (nSPS) is 24.4. The predicted octanol–water partition coefficient (Wildman–Crippen LogP) is -0.575. The fourth-order valence-corrected chi connectivity index (χ4v) is 0.966. The van der Waals surface area contributed by atoms with Crippen LogP contribution in [-0.4, -0.2) is 18.5 Å². The number of amides is 1. The fraction of sp³-hybridized carbons (Fsp3) is 0.667. The topological polar surface area (TPSA) is 69.4 Å². The Hall–Kier alpha value is -1.06. The van der Waals surface area contributed by atoms with Gasteiger partial charge in [0.1, 0.15) is 0 Å². The summed E-state index contributed by atoms with van der Waals surface area (Å²) in [4.78, 5) is 21.0. The maximum Gasteiger partial charge on any atom is 0.309 e. The van der Waals surface area contributed by atoms with Gasteiger partial charge in [0.25, 0.3) is 0 Å². The quantitative estimate of drug-likeness (QED) is 0.526. The van der Waals surface area contributed by atoms with Crippen LogP contribution in [0.15, 0.2) is 0 Å². The second-order valence-corrected chi connectivity index (χ2v) is 2.32. The largest absolute Gasteiger partial charge is 0.465 e. The molecule has 56 valence electrons. The van der Waals surface area contributed by atoms with Crippen molar-refractivity contribution in [3.05, 3.63) is 0 Å². The highest BCUT2D eigenvalue weighted by Crippen LogP contribution is 2.16. The highest BCUT2D eigenvalue weighted by atomic mass is 16.5. The van der Waals surface area contributed by atoms with Crippen LogP contribution in [0.4, 0.5) is 0 Å². The minimum Gasteiger partial charge on any atom is -0.465 e. The molecular formula is C6H9NO3. The molecule has 1 heterocycles. The molecule has 2 N–H and O–H groups in total. The average molecular weight is 143 g/mol. The van der Waals surface area contributed by atoms with Gasteiger partial charge in [-0.2, -0.15) is 0 Å². The second-order valence-electron chi connectivity index (χ2n) is 2.32. The Morgan fingerprint density at radius 2 is 2.50 bits per heavy atom. The zero-order valence-corrected chi connectivity index (χ0v) is 5.50. The zero-order valence-electron chi connectivity index (χ0n) is 5.50. The summed E-state index contributed by atoms with van der Waals surface area (Å²) in [5, 5.41) is 0. The molecule has 4 heteroatoms. The summed E-state index contributed by atoms with van der Waals surface area (Å²) in [7, 11) is 0. The van der Waals surface area contributed by atoms with E-state index in [2.05, 4.69) is 4.74 Å². The first kappa shape index (κ1) is 7.05. The van der Waals surface area contributed by atoms with Crippen molar-refractivity contribution < 1.29 is 14.3 Å². The third-order valence-electron chi connectivity index (χ3n) is 1.49. The van der Waals surface area contributed by atoms with Crippen LogP contribution in [0.1, 0.15) is 12.8 Å². The van der Waals surface area contributed by atoms with Gasteiger partial charge in [-0.3, -0.25) is 9.59 Å². The van der Waals surface area contributed by atoms with E-state index in [0.29, 0.717) is 13.0 Å². The van der Waals surface area contributed by atoms with Gasteiger partial charge in [-0.05, 0) is 6.42 Å².